The number of ether oxygens (including phenoxy) is 3. The maximum Gasteiger partial charge on any atom is 0.260 e. The smallest absolute Gasteiger partial charge is 0.260 e. The Hall–Kier alpha value is -1.71. The second kappa shape index (κ2) is 9.86. The predicted octanol–water partition coefficient (Wildman–Crippen LogP) is -0.198. The molecule has 0 spiro atoms. The Labute approximate surface area is 171 Å². The average molecular weight is 405 g/mol. The van der Waals surface area contributed by atoms with Crippen LogP contribution >= 0.6 is 0 Å². The molecular weight excluding hydrogens is 374 g/mol. The number of aliphatic hydroxyl groups excluding tert-OH is 1. The van der Waals surface area contributed by atoms with Crippen LogP contribution in [0.25, 0.3) is 0 Å². The first-order valence-corrected chi connectivity index (χ1v) is 10.5. The van der Waals surface area contributed by atoms with Crippen molar-refractivity contribution < 1.29 is 24.1 Å². The van der Waals surface area contributed by atoms with E-state index in [1.165, 1.54) is 5.56 Å². The number of carbonyl (C=O) groups is 1. The molecule has 3 heterocycles. The lowest BCUT2D eigenvalue weighted by Gasteiger charge is -2.33. The third kappa shape index (κ3) is 5.46. The number of aliphatic hydroxyl groups is 1. The second-order valence-electron chi connectivity index (χ2n) is 7.90. The first-order valence-electron chi connectivity index (χ1n) is 10.5. The van der Waals surface area contributed by atoms with E-state index in [1.807, 2.05) is 24.3 Å². The number of rotatable bonds is 6. The molecule has 0 bridgehead atoms. The number of nitrogens with zero attached hydrogens (tertiary/aromatic N) is 3. The van der Waals surface area contributed by atoms with Crippen LogP contribution in [0.2, 0.25) is 0 Å². The summed E-state index contributed by atoms with van der Waals surface area (Å²) < 4.78 is 16.3. The van der Waals surface area contributed by atoms with Crippen molar-refractivity contribution in [3.63, 3.8) is 0 Å². The van der Waals surface area contributed by atoms with Gasteiger partial charge in [0.1, 0.15) is 5.75 Å². The van der Waals surface area contributed by atoms with Crippen molar-refractivity contribution in [3.8, 4) is 5.75 Å². The fourth-order valence-electron chi connectivity index (χ4n) is 4.24. The summed E-state index contributed by atoms with van der Waals surface area (Å²) >= 11 is 0. The lowest BCUT2D eigenvalue weighted by Crippen LogP contribution is -2.48. The summed E-state index contributed by atoms with van der Waals surface area (Å²) in [5.41, 5.74) is 1.17. The molecule has 1 aromatic rings. The zero-order chi connectivity index (χ0) is 20.1. The number of benzene rings is 1. The van der Waals surface area contributed by atoms with E-state index in [2.05, 4.69) is 9.80 Å². The van der Waals surface area contributed by atoms with Crippen LogP contribution < -0.4 is 4.74 Å². The minimum absolute atomic E-state index is 0.00224. The maximum absolute atomic E-state index is 12.2. The van der Waals surface area contributed by atoms with E-state index in [0.717, 1.165) is 39.4 Å². The second-order valence-corrected chi connectivity index (χ2v) is 7.90. The molecule has 3 saturated heterocycles. The molecule has 0 saturated carbocycles. The first kappa shape index (κ1) is 20.6. The number of likely N-dealkylation sites (tertiary alicyclic amines) is 1. The van der Waals surface area contributed by atoms with Crippen LogP contribution in [-0.4, -0.2) is 110 Å². The molecule has 1 N–H and O–H groups in total. The summed E-state index contributed by atoms with van der Waals surface area (Å²) in [6.45, 7) is 8.15. The Morgan fingerprint density at radius 2 is 1.66 bits per heavy atom. The van der Waals surface area contributed by atoms with Gasteiger partial charge < -0.3 is 24.2 Å². The molecule has 0 aromatic heterocycles. The molecule has 1 aromatic carbocycles. The highest BCUT2D eigenvalue weighted by molar-refractivity contribution is 5.77. The Morgan fingerprint density at radius 1 is 1.00 bits per heavy atom. The van der Waals surface area contributed by atoms with E-state index >= 15 is 0 Å². The van der Waals surface area contributed by atoms with Crippen molar-refractivity contribution in [2.24, 2.45) is 0 Å². The molecule has 8 nitrogen and oxygen atoms in total. The molecule has 8 heteroatoms. The highest BCUT2D eigenvalue weighted by Crippen LogP contribution is 2.21. The quantitative estimate of drug-likeness (QED) is 0.703. The van der Waals surface area contributed by atoms with Gasteiger partial charge in [0.2, 0.25) is 0 Å². The number of carbonyl (C=O) groups excluding carboxylic acids is 1. The standard InChI is InChI=1S/C21H31N3O5/c25-20-15-22(14-19(20)23-5-9-27-10-6-23)13-17-1-3-18(4-2-17)29-16-21(26)24-7-11-28-12-8-24/h1-4,19-20,25H,5-16H2/t19-,20-/m0/s1. The number of hydrogen-bond donors (Lipinski definition) is 1. The van der Waals surface area contributed by atoms with Crippen LogP contribution in [0.15, 0.2) is 24.3 Å². The van der Waals surface area contributed by atoms with Crippen molar-refractivity contribution in [2.75, 3.05) is 72.3 Å². The summed E-state index contributed by atoms with van der Waals surface area (Å²) in [4.78, 5) is 18.6. The van der Waals surface area contributed by atoms with Crippen molar-refractivity contribution in [3.05, 3.63) is 29.8 Å². The summed E-state index contributed by atoms with van der Waals surface area (Å²) in [5, 5.41) is 10.5. The van der Waals surface area contributed by atoms with E-state index in [9.17, 15) is 9.90 Å². The third-order valence-corrected chi connectivity index (χ3v) is 5.90. The van der Waals surface area contributed by atoms with Crippen molar-refractivity contribution in [1.29, 1.82) is 0 Å². The molecule has 0 unspecified atom stereocenters. The van der Waals surface area contributed by atoms with Gasteiger partial charge in [-0.2, -0.15) is 0 Å². The molecule has 29 heavy (non-hydrogen) atoms. The molecule has 160 valence electrons. The normalized spacial score (nSPS) is 26.6. The van der Waals surface area contributed by atoms with Gasteiger partial charge in [-0.15, -0.1) is 0 Å². The van der Waals surface area contributed by atoms with E-state index in [1.54, 1.807) is 4.90 Å². The van der Waals surface area contributed by atoms with Crippen molar-refractivity contribution in [1.82, 2.24) is 14.7 Å². The highest BCUT2D eigenvalue weighted by atomic mass is 16.5. The topological polar surface area (TPSA) is 74.7 Å². The number of hydrogen-bond acceptors (Lipinski definition) is 7. The van der Waals surface area contributed by atoms with Gasteiger partial charge in [-0.3, -0.25) is 14.6 Å². The van der Waals surface area contributed by atoms with Crippen molar-refractivity contribution in [2.45, 2.75) is 18.7 Å². The largest absolute Gasteiger partial charge is 0.484 e. The van der Waals surface area contributed by atoms with Gasteiger partial charge in [0, 0.05) is 51.9 Å². The average Bonchev–Trinajstić information content (AvgIpc) is 3.14. The lowest BCUT2D eigenvalue weighted by atomic mass is 10.1. The molecule has 0 radical (unpaired) electrons. The molecule has 0 aliphatic carbocycles. The fourth-order valence-corrected chi connectivity index (χ4v) is 4.24. The monoisotopic (exact) mass is 405 g/mol. The van der Waals surface area contributed by atoms with Gasteiger partial charge in [-0.05, 0) is 17.7 Å². The third-order valence-electron chi connectivity index (χ3n) is 5.90. The summed E-state index contributed by atoms with van der Waals surface area (Å²) in [6.07, 6.45) is -0.318. The number of morpholine rings is 2. The van der Waals surface area contributed by atoms with Gasteiger partial charge in [0.05, 0.1) is 32.5 Å². The summed E-state index contributed by atoms with van der Waals surface area (Å²) in [6, 6.07) is 8.07. The van der Waals surface area contributed by atoms with Crippen LogP contribution in [0.3, 0.4) is 0 Å². The van der Waals surface area contributed by atoms with Crippen LogP contribution in [-0.2, 0) is 20.8 Å². The van der Waals surface area contributed by atoms with Crippen LogP contribution in [0.5, 0.6) is 5.75 Å². The molecule has 3 aliphatic heterocycles. The zero-order valence-electron chi connectivity index (χ0n) is 16.9. The number of β-amino-alcohol motifs (C(OH)–C–C–N with tert-alkyl or cyclic N) is 1. The Kier molecular flexibility index (Phi) is 6.99. The predicted molar refractivity (Wildman–Crippen MR) is 107 cm³/mol. The molecule has 3 aliphatic rings. The summed E-state index contributed by atoms with van der Waals surface area (Å²) in [7, 11) is 0. The fraction of sp³-hybridized carbons (Fsp3) is 0.667. The molecule has 3 fully saturated rings. The van der Waals surface area contributed by atoms with E-state index in [0.29, 0.717) is 38.6 Å². The minimum Gasteiger partial charge on any atom is -0.484 e. The van der Waals surface area contributed by atoms with Crippen LogP contribution in [0.1, 0.15) is 5.56 Å². The summed E-state index contributed by atoms with van der Waals surface area (Å²) in [5.74, 6) is 0.695. The maximum atomic E-state index is 12.2. The van der Waals surface area contributed by atoms with E-state index in [-0.39, 0.29) is 24.7 Å². The van der Waals surface area contributed by atoms with Gasteiger partial charge >= 0.3 is 0 Å². The molecule has 1 amide bonds. The lowest BCUT2D eigenvalue weighted by molar-refractivity contribution is -0.137. The highest BCUT2D eigenvalue weighted by Gasteiger charge is 2.35. The molecule has 4 rings (SSSR count). The SMILES string of the molecule is O=C(COc1ccc(CN2C[C@H](O)[C@@H](N3CCOCC3)C2)cc1)N1CCOCC1. The Balaban J connectivity index is 1.23. The first-order chi connectivity index (χ1) is 14.2. The van der Waals surface area contributed by atoms with Gasteiger partial charge in [-0.25, -0.2) is 0 Å². The van der Waals surface area contributed by atoms with E-state index < -0.39 is 0 Å². The van der Waals surface area contributed by atoms with Crippen LogP contribution in [0.4, 0.5) is 0 Å². The van der Waals surface area contributed by atoms with Crippen LogP contribution in [0, 0.1) is 0 Å². The van der Waals surface area contributed by atoms with Gasteiger partial charge in [0.25, 0.3) is 5.91 Å². The zero-order valence-corrected chi connectivity index (χ0v) is 16.9. The number of amides is 1. The molecular formula is C21H31N3O5. The Bertz CT molecular complexity index is 659. The van der Waals surface area contributed by atoms with Crippen molar-refractivity contribution >= 4 is 5.91 Å². The van der Waals surface area contributed by atoms with Gasteiger partial charge in [-0.1, -0.05) is 12.1 Å². The molecule has 2 atom stereocenters. The van der Waals surface area contributed by atoms with E-state index in [4.69, 9.17) is 14.2 Å². The van der Waals surface area contributed by atoms with Gasteiger partial charge in [0.15, 0.2) is 6.61 Å². The minimum atomic E-state index is -0.318. The Morgan fingerprint density at radius 3 is 2.34 bits per heavy atom.